The summed E-state index contributed by atoms with van der Waals surface area (Å²) in [6.45, 7) is 7.22. The Labute approximate surface area is 164 Å². The van der Waals surface area contributed by atoms with Crippen LogP contribution >= 0.6 is 0 Å². The third kappa shape index (κ3) is 2.62. The molecule has 1 unspecified atom stereocenters. The van der Waals surface area contributed by atoms with Crippen LogP contribution in [0, 0.1) is 35.5 Å². The number of carbonyl (C=O) groups excluding carboxylic acids is 1. The molecule has 5 rings (SSSR count). The van der Waals surface area contributed by atoms with E-state index in [1.807, 2.05) is 0 Å². The zero-order chi connectivity index (χ0) is 18.8. The number of rotatable bonds is 1. The van der Waals surface area contributed by atoms with E-state index in [4.69, 9.17) is 0 Å². The molecule has 1 heterocycles. The van der Waals surface area contributed by atoms with Crippen molar-refractivity contribution in [3.05, 3.63) is 35.4 Å². The molecule has 4 fully saturated rings. The van der Waals surface area contributed by atoms with Crippen LogP contribution in [0.3, 0.4) is 0 Å². The van der Waals surface area contributed by atoms with Crippen molar-refractivity contribution in [2.45, 2.75) is 84.1 Å². The fourth-order valence-corrected chi connectivity index (χ4v) is 7.85. The molecule has 27 heavy (non-hydrogen) atoms. The first-order chi connectivity index (χ1) is 12.9. The molecule has 0 aromatic heterocycles. The Morgan fingerprint density at radius 2 is 1.74 bits per heavy atom. The maximum atomic E-state index is 13.0. The van der Waals surface area contributed by atoms with Crippen molar-refractivity contribution in [3.8, 4) is 0 Å². The van der Waals surface area contributed by atoms with Gasteiger partial charge in [0.25, 0.3) is 0 Å². The monoisotopic (exact) mass is 365 g/mol. The Kier molecular flexibility index (Phi) is 4.01. The summed E-state index contributed by atoms with van der Waals surface area (Å²) in [6, 6.07) is 9.06. The van der Waals surface area contributed by atoms with Crippen molar-refractivity contribution in [1.29, 1.82) is 0 Å². The molecule has 1 saturated heterocycles. The minimum Gasteiger partial charge on any atom is -0.352 e. The van der Waals surface area contributed by atoms with Crippen molar-refractivity contribution in [2.24, 2.45) is 28.6 Å². The Bertz CT molecular complexity index is 739. The highest BCUT2D eigenvalue weighted by Gasteiger charge is 2.59. The highest BCUT2D eigenvalue weighted by molar-refractivity contribution is 5.85. The van der Waals surface area contributed by atoms with Gasteiger partial charge in [0.15, 0.2) is 0 Å². The quantitative estimate of drug-likeness (QED) is 0.689. The van der Waals surface area contributed by atoms with Crippen molar-refractivity contribution >= 4 is 5.91 Å². The molecule has 7 atom stereocenters. The molecular weight excluding hydrogens is 330 g/mol. The Morgan fingerprint density at radius 3 is 2.52 bits per heavy atom. The Morgan fingerprint density at radius 1 is 0.963 bits per heavy atom. The van der Waals surface area contributed by atoms with E-state index in [0.29, 0.717) is 11.5 Å². The van der Waals surface area contributed by atoms with E-state index in [-0.39, 0.29) is 17.2 Å². The smallest absolute Gasteiger partial charge is 0.227 e. The summed E-state index contributed by atoms with van der Waals surface area (Å²) in [7, 11) is 0. The van der Waals surface area contributed by atoms with Crippen LogP contribution in [0.4, 0.5) is 0 Å². The van der Waals surface area contributed by atoms with Gasteiger partial charge in [0.05, 0.1) is 5.92 Å². The number of nitrogens with one attached hydrogen (secondary N) is 1. The van der Waals surface area contributed by atoms with Crippen LogP contribution < -0.4 is 5.32 Å². The lowest BCUT2D eigenvalue weighted by atomic mass is 9.47. The van der Waals surface area contributed by atoms with Crippen LogP contribution in [-0.2, 0) is 4.79 Å². The number of carbonyl (C=O) groups is 1. The summed E-state index contributed by atoms with van der Waals surface area (Å²) < 4.78 is 0. The van der Waals surface area contributed by atoms with E-state index in [1.54, 1.807) is 0 Å². The van der Waals surface area contributed by atoms with Gasteiger partial charge in [-0.3, -0.25) is 4.79 Å². The normalized spacial score (nSPS) is 46.2. The minimum absolute atomic E-state index is 0.0301. The predicted molar refractivity (Wildman–Crippen MR) is 109 cm³/mol. The summed E-state index contributed by atoms with van der Waals surface area (Å²) in [6.07, 6.45) is 10.7. The number of benzene rings is 1. The first-order valence-electron chi connectivity index (χ1n) is 11.3. The van der Waals surface area contributed by atoms with Crippen molar-refractivity contribution in [3.63, 3.8) is 0 Å². The fraction of sp³-hybridized carbons (Fsp3) is 0.720. The molecule has 1 aromatic carbocycles. The van der Waals surface area contributed by atoms with Gasteiger partial charge in [-0.25, -0.2) is 0 Å². The maximum absolute atomic E-state index is 13.0. The number of hydrogen-bond acceptors (Lipinski definition) is 1. The van der Waals surface area contributed by atoms with E-state index >= 15 is 0 Å². The second-order valence-corrected chi connectivity index (χ2v) is 10.8. The van der Waals surface area contributed by atoms with E-state index in [0.717, 1.165) is 24.2 Å². The van der Waals surface area contributed by atoms with Crippen LogP contribution in [0.2, 0.25) is 0 Å². The van der Waals surface area contributed by atoms with Crippen molar-refractivity contribution in [1.82, 2.24) is 5.32 Å². The lowest BCUT2D eigenvalue weighted by molar-refractivity contribution is -0.138. The number of hydrogen-bond donors (Lipinski definition) is 1. The van der Waals surface area contributed by atoms with Crippen molar-refractivity contribution < 1.29 is 4.79 Å². The molecule has 4 aliphatic rings. The number of aryl methyl sites for hydroxylation is 1. The van der Waals surface area contributed by atoms with E-state index in [2.05, 4.69) is 50.4 Å². The lowest BCUT2D eigenvalue weighted by Crippen LogP contribution is -2.62. The number of piperidine rings is 1. The van der Waals surface area contributed by atoms with Crippen LogP contribution in [0.1, 0.15) is 82.3 Å². The lowest BCUT2D eigenvalue weighted by Gasteiger charge is -2.60. The van der Waals surface area contributed by atoms with Gasteiger partial charge in [-0.2, -0.15) is 0 Å². The molecular formula is C25H35NO. The van der Waals surface area contributed by atoms with Crippen LogP contribution in [0.5, 0.6) is 0 Å². The molecule has 0 bridgehead atoms. The molecule has 0 spiro atoms. The zero-order valence-electron chi connectivity index (χ0n) is 17.3. The average molecular weight is 366 g/mol. The van der Waals surface area contributed by atoms with Gasteiger partial charge in [-0.15, -0.1) is 0 Å². The number of fused-ring (bicyclic) bond motifs is 5. The fourth-order valence-electron chi connectivity index (χ4n) is 7.85. The molecule has 146 valence electrons. The van der Waals surface area contributed by atoms with Gasteiger partial charge < -0.3 is 5.32 Å². The standard InChI is InChI=1S/C25H35NO/c1-16-6-8-17(9-7-16)19-15-25(3)21-12-14-24(2)13-4-5-20(24)18(21)10-11-22(25)26-23(19)27/h6-9,18-22H,4-5,10-15H2,1-3H3,(H,26,27)/t18-,19?,20-,21-,22+,24-,25+/m0/s1. The van der Waals surface area contributed by atoms with Crippen LogP contribution in [0.25, 0.3) is 0 Å². The summed E-state index contributed by atoms with van der Waals surface area (Å²) in [5.74, 6) is 2.91. The van der Waals surface area contributed by atoms with E-state index in [1.165, 1.54) is 56.1 Å². The van der Waals surface area contributed by atoms with Crippen LogP contribution in [-0.4, -0.2) is 11.9 Å². The summed E-state index contributed by atoms with van der Waals surface area (Å²) in [4.78, 5) is 13.0. The molecule has 3 saturated carbocycles. The van der Waals surface area contributed by atoms with Gasteiger partial charge in [-0.05, 0) is 86.0 Å². The van der Waals surface area contributed by atoms with Gasteiger partial charge in [0.2, 0.25) is 5.91 Å². The predicted octanol–water partition coefficient (Wildman–Crippen LogP) is 5.60. The molecule has 1 amide bonds. The van der Waals surface area contributed by atoms with Gasteiger partial charge in [-0.1, -0.05) is 50.1 Å². The molecule has 2 nitrogen and oxygen atoms in total. The topological polar surface area (TPSA) is 29.1 Å². The highest BCUT2D eigenvalue weighted by atomic mass is 16.2. The maximum Gasteiger partial charge on any atom is 0.227 e. The molecule has 0 radical (unpaired) electrons. The Balaban J connectivity index is 1.46. The van der Waals surface area contributed by atoms with Gasteiger partial charge in [0, 0.05) is 6.04 Å². The van der Waals surface area contributed by atoms with E-state index < -0.39 is 0 Å². The molecule has 1 N–H and O–H groups in total. The largest absolute Gasteiger partial charge is 0.352 e. The molecule has 2 heteroatoms. The second kappa shape index (κ2) is 6.09. The molecule has 1 aromatic rings. The SMILES string of the molecule is Cc1ccc(C2C[C@@]3(C)[C@@H](CC[C@H]4[C@@H]5CCC[C@@]5(C)CC[C@@H]43)NC2=O)cc1. The highest BCUT2D eigenvalue weighted by Crippen LogP contribution is 2.64. The first kappa shape index (κ1) is 17.8. The number of amides is 1. The zero-order valence-corrected chi connectivity index (χ0v) is 17.3. The molecule has 1 aliphatic heterocycles. The third-order valence-electron chi connectivity index (χ3n) is 9.41. The average Bonchev–Trinajstić information content (AvgIpc) is 3.04. The van der Waals surface area contributed by atoms with E-state index in [9.17, 15) is 4.79 Å². The molecule has 3 aliphatic carbocycles. The summed E-state index contributed by atoms with van der Waals surface area (Å²) >= 11 is 0. The summed E-state index contributed by atoms with van der Waals surface area (Å²) in [5.41, 5.74) is 3.35. The first-order valence-corrected chi connectivity index (χ1v) is 11.3. The minimum atomic E-state index is 0.0301. The van der Waals surface area contributed by atoms with Crippen LogP contribution in [0.15, 0.2) is 24.3 Å². The third-order valence-corrected chi connectivity index (χ3v) is 9.41. The Hall–Kier alpha value is -1.31. The van der Waals surface area contributed by atoms with Gasteiger partial charge >= 0.3 is 0 Å². The van der Waals surface area contributed by atoms with Crippen molar-refractivity contribution in [2.75, 3.05) is 0 Å². The second-order valence-electron chi connectivity index (χ2n) is 10.8. The van der Waals surface area contributed by atoms with Gasteiger partial charge in [0.1, 0.15) is 0 Å². The summed E-state index contributed by atoms with van der Waals surface area (Å²) in [5, 5.41) is 3.49.